The van der Waals surface area contributed by atoms with E-state index in [0.29, 0.717) is 18.8 Å². The number of anilines is 1. The number of aryl methyl sites for hydroxylation is 1. The highest BCUT2D eigenvalue weighted by atomic mass is 79.9. The van der Waals surface area contributed by atoms with Crippen LogP contribution in [0.1, 0.15) is 32.3 Å². The first kappa shape index (κ1) is 16.7. The Hall–Kier alpha value is -1.36. The quantitative estimate of drug-likeness (QED) is 0.835. The van der Waals surface area contributed by atoms with Crippen molar-refractivity contribution in [2.45, 2.75) is 33.6 Å². The summed E-state index contributed by atoms with van der Waals surface area (Å²) in [5.74, 6) is -1.06. The maximum absolute atomic E-state index is 12.1. The zero-order valence-corrected chi connectivity index (χ0v) is 13.8. The van der Waals surface area contributed by atoms with E-state index < -0.39 is 11.8 Å². The van der Waals surface area contributed by atoms with E-state index in [2.05, 4.69) is 21.2 Å². The SMILES string of the molecule is CCCN(CCC)C(=O)C(=O)Nc1ccc(C)cc1Br. The van der Waals surface area contributed by atoms with Gasteiger partial charge in [-0.05, 0) is 53.4 Å². The summed E-state index contributed by atoms with van der Waals surface area (Å²) in [7, 11) is 0. The van der Waals surface area contributed by atoms with Crippen LogP contribution in [-0.2, 0) is 9.59 Å². The van der Waals surface area contributed by atoms with Crippen LogP contribution < -0.4 is 5.32 Å². The molecule has 1 aromatic rings. The van der Waals surface area contributed by atoms with Crippen LogP contribution in [0.25, 0.3) is 0 Å². The van der Waals surface area contributed by atoms with Crippen LogP contribution in [0, 0.1) is 6.92 Å². The largest absolute Gasteiger partial charge is 0.334 e. The molecule has 20 heavy (non-hydrogen) atoms. The lowest BCUT2D eigenvalue weighted by molar-refractivity contribution is -0.143. The fraction of sp³-hybridized carbons (Fsp3) is 0.467. The summed E-state index contributed by atoms with van der Waals surface area (Å²) in [5, 5.41) is 2.66. The summed E-state index contributed by atoms with van der Waals surface area (Å²) in [5.41, 5.74) is 1.70. The molecule has 0 saturated heterocycles. The first-order valence-corrected chi connectivity index (χ1v) is 7.65. The molecular formula is C15H21BrN2O2. The van der Waals surface area contributed by atoms with E-state index in [1.54, 1.807) is 11.0 Å². The Balaban J connectivity index is 2.76. The van der Waals surface area contributed by atoms with Crippen LogP contribution in [0.2, 0.25) is 0 Å². The molecule has 0 fully saturated rings. The Labute approximate surface area is 128 Å². The van der Waals surface area contributed by atoms with E-state index in [9.17, 15) is 9.59 Å². The summed E-state index contributed by atoms with van der Waals surface area (Å²) < 4.78 is 0.774. The smallest absolute Gasteiger partial charge is 0.313 e. The van der Waals surface area contributed by atoms with E-state index >= 15 is 0 Å². The molecule has 0 unspecified atom stereocenters. The highest BCUT2D eigenvalue weighted by Crippen LogP contribution is 2.23. The molecule has 1 aromatic carbocycles. The van der Waals surface area contributed by atoms with Gasteiger partial charge in [0.2, 0.25) is 0 Å². The minimum absolute atomic E-state index is 0.471. The zero-order valence-electron chi connectivity index (χ0n) is 12.2. The fourth-order valence-electron chi connectivity index (χ4n) is 1.90. The maximum atomic E-state index is 12.1. The van der Waals surface area contributed by atoms with Crippen molar-refractivity contribution in [1.82, 2.24) is 4.90 Å². The van der Waals surface area contributed by atoms with Crippen molar-refractivity contribution in [3.8, 4) is 0 Å². The predicted octanol–water partition coefficient (Wildman–Crippen LogP) is 3.34. The first-order valence-electron chi connectivity index (χ1n) is 6.86. The van der Waals surface area contributed by atoms with E-state index in [0.717, 1.165) is 22.9 Å². The maximum Gasteiger partial charge on any atom is 0.313 e. The Morgan fingerprint density at radius 3 is 2.30 bits per heavy atom. The second kappa shape index (κ2) is 8.04. The highest BCUT2D eigenvalue weighted by molar-refractivity contribution is 9.10. The van der Waals surface area contributed by atoms with Gasteiger partial charge in [-0.2, -0.15) is 0 Å². The van der Waals surface area contributed by atoms with Crippen molar-refractivity contribution in [1.29, 1.82) is 0 Å². The highest BCUT2D eigenvalue weighted by Gasteiger charge is 2.21. The van der Waals surface area contributed by atoms with Gasteiger partial charge in [-0.3, -0.25) is 9.59 Å². The van der Waals surface area contributed by atoms with Gasteiger partial charge >= 0.3 is 11.8 Å². The molecule has 0 heterocycles. The minimum Gasteiger partial charge on any atom is -0.334 e. The molecule has 110 valence electrons. The van der Waals surface area contributed by atoms with Crippen molar-refractivity contribution in [3.63, 3.8) is 0 Å². The number of halogens is 1. The molecule has 0 atom stereocenters. The number of nitrogens with zero attached hydrogens (tertiary/aromatic N) is 1. The van der Waals surface area contributed by atoms with Crippen LogP contribution in [0.3, 0.4) is 0 Å². The second-order valence-corrected chi connectivity index (χ2v) is 5.58. The van der Waals surface area contributed by atoms with Gasteiger partial charge in [-0.15, -0.1) is 0 Å². The lowest BCUT2D eigenvalue weighted by atomic mass is 10.2. The van der Waals surface area contributed by atoms with Crippen LogP contribution in [-0.4, -0.2) is 29.8 Å². The Kier molecular flexibility index (Phi) is 6.71. The first-order chi connectivity index (χ1) is 9.49. The van der Waals surface area contributed by atoms with Gasteiger partial charge in [-0.1, -0.05) is 19.9 Å². The number of nitrogens with one attached hydrogen (secondary N) is 1. The fourth-order valence-corrected chi connectivity index (χ4v) is 2.49. The lowest BCUT2D eigenvalue weighted by Gasteiger charge is -2.20. The van der Waals surface area contributed by atoms with E-state index in [1.165, 1.54) is 0 Å². The second-order valence-electron chi connectivity index (χ2n) is 4.73. The molecule has 4 nitrogen and oxygen atoms in total. The number of amides is 2. The summed E-state index contributed by atoms with van der Waals surface area (Å²) in [4.78, 5) is 25.7. The van der Waals surface area contributed by atoms with Gasteiger partial charge in [0.1, 0.15) is 0 Å². The number of rotatable bonds is 5. The molecule has 1 N–H and O–H groups in total. The van der Waals surface area contributed by atoms with Gasteiger partial charge in [0.15, 0.2) is 0 Å². The number of hydrogen-bond donors (Lipinski definition) is 1. The van der Waals surface area contributed by atoms with Gasteiger partial charge in [0, 0.05) is 17.6 Å². The van der Waals surface area contributed by atoms with Crippen molar-refractivity contribution in [2.24, 2.45) is 0 Å². The van der Waals surface area contributed by atoms with Crippen LogP contribution in [0.5, 0.6) is 0 Å². The molecule has 0 spiro atoms. The average molecular weight is 341 g/mol. The molecule has 0 radical (unpaired) electrons. The summed E-state index contributed by atoms with van der Waals surface area (Å²) >= 11 is 3.38. The summed E-state index contributed by atoms with van der Waals surface area (Å²) in [6.45, 7) is 7.16. The molecule has 0 aliphatic rings. The molecule has 0 aliphatic carbocycles. The number of hydrogen-bond acceptors (Lipinski definition) is 2. The zero-order chi connectivity index (χ0) is 15.1. The lowest BCUT2D eigenvalue weighted by Crippen LogP contribution is -2.40. The topological polar surface area (TPSA) is 49.4 Å². The van der Waals surface area contributed by atoms with Gasteiger partial charge in [0.05, 0.1) is 5.69 Å². The third kappa shape index (κ3) is 4.63. The van der Waals surface area contributed by atoms with E-state index in [1.807, 2.05) is 32.9 Å². The normalized spacial score (nSPS) is 10.2. The molecule has 0 saturated carbocycles. The van der Waals surface area contributed by atoms with Crippen molar-refractivity contribution >= 4 is 33.4 Å². The van der Waals surface area contributed by atoms with Gasteiger partial charge in [0.25, 0.3) is 0 Å². The summed E-state index contributed by atoms with van der Waals surface area (Å²) in [6.07, 6.45) is 1.68. The molecule has 0 bridgehead atoms. The van der Waals surface area contributed by atoms with E-state index in [4.69, 9.17) is 0 Å². The number of carbonyl (C=O) groups is 2. The Morgan fingerprint density at radius 2 is 1.80 bits per heavy atom. The van der Waals surface area contributed by atoms with Crippen molar-refractivity contribution < 1.29 is 9.59 Å². The van der Waals surface area contributed by atoms with Crippen molar-refractivity contribution in [3.05, 3.63) is 28.2 Å². The third-order valence-electron chi connectivity index (χ3n) is 2.84. The van der Waals surface area contributed by atoms with Gasteiger partial charge in [-0.25, -0.2) is 0 Å². The molecule has 0 aliphatic heterocycles. The molecule has 1 rings (SSSR count). The van der Waals surface area contributed by atoms with Crippen LogP contribution >= 0.6 is 15.9 Å². The molecule has 5 heteroatoms. The molecule has 0 aromatic heterocycles. The number of carbonyl (C=O) groups excluding carboxylic acids is 2. The molecular weight excluding hydrogens is 320 g/mol. The average Bonchev–Trinajstić information content (AvgIpc) is 2.40. The predicted molar refractivity (Wildman–Crippen MR) is 84.7 cm³/mol. The standard InChI is InChI=1S/C15H21BrN2O2/c1-4-8-18(9-5-2)15(20)14(19)17-13-7-6-11(3)10-12(13)16/h6-7,10H,4-5,8-9H2,1-3H3,(H,17,19). The summed E-state index contributed by atoms with van der Waals surface area (Å²) in [6, 6.07) is 5.57. The monoisotopic (exact) mass is 340 g/mol. The van der Waals surface area contributed by atoms with Crippen LogP contribution in [0.15, 0.2) is 22.7 Å². The van der Waals surface area contributed by atoms with Crippen LogP contribution in [0.4, 0.5) is 5.69 Å². The Bertz CT molecular complexity index is 483. The van der Waals surface area contributed by atoms with E-state index in [-0.39, 0.29) is 0 Å². The van der Waals surface area contributed by atoms with Crippen molar-refractivity contribution in [2.75, 3.05) is 18.4 Å². The molecule has 2 amide bonds. The Morgan fingerprint density at radius 1 is 1.20 bits per heavy atom. The van der Waals surface area contributed by atoms with Gasteiger partial charge < -0.3 is 10.2 Å². The number of benzene rings is 1. The third-order valence-corrected chi connectivity index (χ3v) is 3.50. The minimum atomic E-state index is -0.587.